The molecule has 0 radical (unpaired) electrons. The molecule has 2 aromatic carbocycles. The highest BCUT2D eigenvalue weighted by Gasteiger charge is 2.31. The van der Waals surface area contributed by atoms with Gasteiger partial charge >= 0.3 is 0 Å². The predicted molar refractivity (Wildman–Crippen MR) is 141 cm³/mol. The Morgan fingerprint density at radius 2 is 1.48 bits per heavy atom. The zero-order chi connectivity index (χ0) is 23.3. The van der Waals surface area contributed by atoms with Crippen LogP contribution in [0.1, 0.15) is 70.1 Å². The first-order chi connectivity index (χ1) is 14.7. The number of allylic oxidation sites excluding steroid dienone is 4. The second-order valence-corrected chi connectivity index (χ2v) is 9.16. The highest BCUT2D eigenvalue weighted by atomic mass is 35.5. The summed E-state index contributed by atoms with van der Waals surface area (Å²) >= 11 is 6.19. The normalized spacial score (nSPS) is 13.5. The van der Waals surface area contributed by atoms with Gasteiger partial charge in [0, 0.05) is 5.02 Å². The van der Waals surface area contributed by atoms with Gasteiger partial charge in [0.15, 0.2) is 0 Å². The van der Waals surface area contributed by atoms with Gasteiger partial charge in [-0.2, -0.15) is 0 Å². The Morgan fingerprint density at radius 1 is 0.935 bits per heavy atom. The van der Waals surface area contributed by atoms with Gasteiger partial charge in [0.25, 0.3) is 0 Å². The number of aryl methyl sites for hydroxylation is 3. The summed E-state index contributed by atoms with van der Waals surface area (Å²) in [6.07, 6.45) is 11.3. The maximum Gasteiger partial charge on any atom is 0.0438 e. The van der Waals surface area contributed by atoms with E-state index in [9.17, 15) is 0 Å². The summed E-state index contributed by atoms with van der Waals surface area (Å²) in [5.41, 5.74) is 6.86. The molecule has 2 aromatic rings. The third-order valence-electron chi connectivity index (χ3n) is 5.79. The van der Waals surface area contributed by atoms with Gasteiger partial charge in [0.2, 0.25) is 0 Å². The maximum absolute atomic E-state index is 6.19. The Kier molecular flexibility index (Phi) is 12.3. The third-order valence-corrected chi connectivity index (χ3v) is 6.16. The van der Waals surface area contributed by atoms with Crippen LogP contribution in [0.2, 0.25) is 5.02 Å². The van der Waals surface area contributed by atoms with Crippen LogP contribution in [0, 0.1) is 12.3 Å². The van der Waals surface area contributed by atoms with Gasteiger partial charge in [0.1, 0.15) is 0 Å². The zero-order valence-corrected chi connectivity index (χ0v) is 21.1. The highest BCUT2D eigenvalue weighted by molar-refractivity contribution is 6.31. The lowest BCUT2D eigenvalue weighted by Gasteiger charge is -2.30. The van der Waals surface area contributed by atoms with Crippen molar-refractivity contribution in [1.82, 2.24) is 0 Å². The summed E-state index contributed by atoms with van der Waals surface area (Å²) in [6.45, 7) is 18.4. The maximum atomic E-state index is 6.19. The van der Waals surface area contributed by atoms with Gasteiger partial charge in [-0.05, 0) is 81.9 Å². The van der Waals surface area contributed by atoms with Gasteiger partial charge in [-0.3, -0.25) is 0 Å². The fourth-order valence-corrected chi connectivity index (χ4v) is 3.83. The van der Waals surface area contributed by atoms with Crippen molar-refractivity contribution in [1.29, 1.82) is 0 Å². The van der Waals surface area contributed by atoms with E-state index >= 15 is 0 Å². The number of hydrogen-bond acceptors (Lipinski definition) is 0. The summed E-state index contributed by atoms with van der Waals surface area (Å²) < 4.78 is 0. The largest absolute Gasteiger partial charge is 0.100 e. The average Bonchev–Trinajstić information content (AvgIpc) is 3.24. The molecular weight excluding hydrogens is 396 g/mol. The molecule has 1 aliphatic rings. The zero-order valence-electron chi connectivity index (χ0n) is 20.3. The highest BCUT2D eigenvalue weighted by Crippen LogP contribution is 2.44. The van der Waals surface area contributed by atoms with Crippen LogP contribution in [-0.4, -0.2) is 0 Å². The lowest BCUT2D eigenvalue weighted by molar-refractivity contribution is 0.357. The second-order valence-electron chi connectivity index (χ2n) is 8.75. The van der Waals surface area contributed by atoms with E-state index in [2.05, 4.69) is 82.5 Å². The smallest absolute Gasteiger partial charge is 0.0438 e. The molecule has 0 aliphatic heterocycles. The van der Waals surface area contributed by atoms with Crippen molar-refractivity contribution in [2.24, 2.45) is 5.41 Å². The van der Waals surface area contributed by atoms with E-state index in [1.54, 1.807) is 0 Å². The Morgan fingerprint density at radius 3 is 1.97 bits per heavy atom. The Labute approximate surface area is 196 Å². The summed E-state index contributed by atoms with van der Waals surface area (Å²) in [7, 11) is 0. The molecule has 168 valence electrons. The molecule has 0 unspecified atom stereocenters. The monoisotopic (exact) mass is 436 g/mol. The summed E-state index contributed by atoms with van der Waals surface area (Å²) in [5.74, 6) is 0. The van der Waals surface area contributed by atoms with Crippen molar-refractivity contribution in [3.05, 3.63) is 107 Å². The number of hydrogen-bond donors (Lipinski definition) is 0. The molecule has 31 heavy (non-hydrogen) atoms. The molecule has 0 N–H and O–H groups in total. The molecule has 1 heteroatoms. The molecule has 3 rings (SSSR count). The Balaban J connectivity index is 0.000000307. The number of rotatable bonds is 6. The first kappa shape index (κ1) is 27.0. The lowest BCUT2D eigenvalue weighted by Crippen LogP contribution is -2.18. The summed E-state index contributed by atoms with van der Waals surface area (Å²) in [4.78, 5) is 0. The van der Waals surface area contributed by atoms with E-state index in [0.29, 0.717) is 5.41 Å². The van der Waals surface area contributed by atoms with E-state index in [-0.39, 0.29) is 0 Å². The number of benzene rings is 2. The Hall–Kier alpha value is -2.05. The van der Waals surface area contributed by atoms with Crippen LogP contribution in [0.15, 0.2) is 85.0 Å². The van der Waals surface area contributed by atoms with Crippen molar-refractivity contribution >= 4 is 11.6 Å². The van der Waals surface area contributed by atoms with Crippen molar-refractivity contribution in [2.45, 2.75) is 73.1 Å². The molecular formula is C30H41Cl. The molecule has 0 fully saturated rings. The van der Waals surface area contributed by atoms with Crippen LogP contribution >= 0.6 is 11.6 Å². The molecule has 0 bridgehead atoms. The molecule has 1 aliphatic carbocycles. The first-order valence-electron chi connectivity index (χ1n) is 11.5. The SMILES string of the molecule is C=C(C)C.C=C(CCc1ccccc1Cl)C1(CC)CC=CC1.CCc1ccc(C)cc1. The quantitative estimate of drug-likeness (QED) is 0.395. The van der Waals surface area contributed by atoms with Crippen molar-refractivity contribution in [2.75, 3.05) is 0 Å². The van der Waals surface area contributed by atoms with Crippen molar-refractivity contribution < 1.29 is 0 Å². The minimum atomic E-state index is 0.321. The van der Waals surface area contributed by atoms with Crippen LogP contribution in [-0.2, 0) is 12.8 Å². The van der Waals surface area contributed by atoms with E-state index < -0.39 is 0 Å². The fourth-order valence-electron chi connectivity index (χ4n) is 3.60. The summed E-state index contributed by atoms with van der Waals surface area (Å²) in [5, 5.41) is 0.875. The lowest BCUT2D eigenvalue weighted by atomic mass is 9.74. The van der Waals surface area contributed by atoms with Crippen LogP contribution in [0.5, 0.6) is 0 Å². The minimum Gasteiger partial charge on any atom is -0.100 e. The van der Waals surface area contributed by atoms with E-state index in [0.717, 1.165) is 37.1 Å². The summed E-state index contributed by atoms with van der Waals surface area (Å²) in [6, 6.07) is 16.8. The van der Waals surface area contributed by atoms with Crippen LogP contribution in [0.4, 0.5) is 0 Å². The third kappa shape index (κ3) is 9.74. The molecule has 0 atom stereocenters. The van der Waals surface area contributed by atoms with E-state index in [4.69, 9.17) is 11.6 Å². The van der Waals surface area contributed by atoms with Gasteiger partial charge in [0.05, 0.1) is 0 Å². The second kappa shape index (κ2) is 14.1. The fraction of sp³-hybridized carbons (Fsp3) is 0.400. The predicted octanol–water partition coefficient (Wildman–Crippen LogP) is 9.72. The molecule has 0 heterocycles. The van der Waals surface area contributed by atoms with Crippen LogP contribution in [0.25, 0.3) is 0 Å². The standard InChI is InChI=1S/C17H21Cl.C9H12.C4H8/c1-3-17(12-6-7-13-17)14(2)10-11-15-8-4-5-9-16(15)18;1-3-9-6-4-8(2)5-7-9;1-4(2)3/h4-9H,2-3,10-13H2,1H3;4-7H,3H2,1-2H3;1H2,2-3H3. The molecule has 0 amide bonds. The van der Waals surface area contributed by atoms with Crippen LogP contribution < -0.4 is 0 Å². The van der Waals surface area contributed by atoms with Crippen LogP contribution in [0.3, 0.4) is 0 Å². The topological polar surface area (TPSA) is 0 Å². The Bertz CT molecular complexity index is 827. The van der Waals surface area contributed by atoms with E-state index in [1.807, 2.05) is 26.0 Å². The number of halogens is 1. The molecule has 0 saturated carbocycles. The van der Waals surface area contributed by atoms with Gasteiger partial charge in [-0.15, -0.1) is 6.58 Å². The average molecular weight is 437 g/mol. The molecule has 0 spiro atoms. The van der Waals surface area contributed by atoms with Crippen molar-refractivity contribution in [3.63, 3.8) is 0 Å². The van der Waals surface area contributed by atoms with Gasteiger partial charge < -0.3 is 0 Å². The van der Waals surface area contributed by atoms with Gasteiger partial charge in [-0.1, -0.05) is 103 Å². The minimum absolute atomic E-state index is 0.321. The van der Waals surface area contributed by atoms with E-state index in [1.165, 1.54) is 34.3 Å². The molecule has 0 nitrogen and oxygen atoms in total. The van der Waals surface area contributed by atoms with Gasteiger partial charge in [-0.25, -0.2) is 0 Å². The molecule has 0 saturated heterocycles. The molecule has 0 aromatic heterocycles. The van der Waals surface area contributed by atoms with Crippen molar-refractivity contribution in [3.8, 4) is 0 Å². The first-order valence-corrected chi connectivity index (χ1v) is 11.9.